The molecule has 2 aromatic carbocycles. The van der Waals surface area contributed by atoms with E-state index >= 15 is 0 Å². The number of benzene rings is 2. The molecule has 1 aliphatic heterocycles. The molecule has 0 spiro atoms. The highest BCUT2D eigenvalue weighted by Gasteiger charge is 2.17. The van der Waals surface area contributed by atoms with E-state index in [0.717, 1.165) is 42.8 Å². The summed E-state index contributed by atoms with van der Waals surface area (Å²) in [6.45, 7) is 4.71. The number of aryl methyl sites for hydroxylation is 2. The molecule has 158 valence electrons. The van der Waals surface area contributed by atoms with Crippen molar-refractivity contribution in [3.8, 4) is 0 Å². The van der Waals surface area contributed by atoms with Crippen LogP contribution in [0.25, 0.3) is 10.9 Å². The predicted octanol–water partition coefficient (Wildman–Crippen LogP) is 5.63. The van der Waals surface area contributed by atoms with E-state index in [2.05, 4.69) is 66.3 Å². The zero-order valence-electron chi connectivity index (χ0n) is 18.5. The van der Waals surface area contributed by atoms with Crippen molar-refractivity contribution in [2.24, 2.45) is 5.92 Å². The van der Waals surface area contributed by atoms with Crippen LogP contribution in [0.2, 0.25) is 0 Å². The van der Waals surface area contributed by atoms with Crippen molar-refractivity contribution in [3.63, 3.8) is 0 Å². The molecule has 0 aliphatic carbocycles. The molecule has 4 rings (SSSR count). The first kappa shape index (κ1) is 20.9. The maximum absolute atomic E-state index is 6.15. The number of aromatic nitrogens is 1. The second-order valence-corrected chi connectivity index (χ2v) is 9.09. The van der Waals surface area contributed by atoms with Crippen molar-refractivity contribution >= 4 is 16.6 Å². The van der Waals surface area contributed by atoms with E-state index in [4.69, 9.17) is 5.73 Å². The van der Waals surface area contributed by atoms with Gasteiger partial charge in [0.25, 0.3) is 0 Å². The molecule has 1 atom stereocenters. The Hall–Kier alpha value is -2.39. The molecule has 1 saturated heterocycles. The van der Waals surface area contributed by atoms with E-state index in [1.165, 1.54) is 60.0 Å². The van der Waals surface area contributed by atoms with Crippen molar-refractivity contribution in [1.82, 2.24) is 9.88 Å². The molecule has 1 unspecified atom stereocenters. The molecular formula is C27H35N3. The number of rotatable bonds is 7. The summed E-state index contributed by atoms with van der Waals surface area (Å²) in [5.41, 5.74) is 13.5. The van der Waals surface area contributed by atoms with E-state index in [9.17, 15) is 0 Å². The molecule has 2 heterocycles. The van der Waals surface area contributed by atoms with Crippen molar-refractivity contribution in [1.29, 1.82) is 0 Å². The molecule has 3 aromatic rings. The average molecular weight is 402 g/mol. The molecule has 0 amide bonds. The van der Waals surface area contributed by atoms with Crippen LogP contribution in [0.15, 0.2) is 48.7 Å². The lowest BCUT2D eigenvalue weighted by molar-refractivity contribution is 0.202. The maximum atomic E-state index is 6.15. The van der Waals surface area contributed by atoms with Gasteiger partial charge < -0.3 is 10.6 Å². The van der Waals surface area contributed by atoms with Crippen molar-refractivity contribution in [2.75, 3.05) is 25.9 Å². The average Bonchev–Trinajstić information content (AvgIpc) is 2.75. The van der Waals surface area contributed by atoms with Crippen LogP contribution in [0, 0.1) is 5.92 Å². The van der Waals surface area contributed by atoms with Crippen LogP contribution in [0.5, 0.6) is 0 Å². The largest absolute Gasteiger partial charge is 0.399 e. The number of pyridine rings is 1. The Morgan fingerprint density at radius 1 is 1.03 bits per heavy atom. The topological polar surface area (TPSA) is 42.2 Å². The summed E-state index contributed by atoms with van der Waals surface area (Å²) >= 11 is 0. The van der Waals surface area contributed by atoms with E-state index in [-0.39, 0.29) is 0 Å². The molecule has 0 saturated carbocycles. The molecule has 0 radical (unpaired) electrons. The molecule has 30 heavy (non-hydrogen) atoms. The Labute approximate surface area is 181 Å². The minimum absolute atomic E-state index is 0.835. The second kappa shape index (κ2) is 9.61. The zero-order valence-corrected chi connectivity index (χ0v) is 18.5. The van der Waals surface area contributed by atoms with Crippen LogP contribution in [0.1, 0.15) is 54.9 Å². The van der Waals surface area contributed by atoms with Crippen molar-refractivity contribution < 1.29 is 0 Å². The Morgan fingerprint density at radius 3 is 2.73 bits per heavy atom. The third kappa shape index (κ3) is 5.02. The number of hydrogen-bond donors (Lipinski definition) is 1. The third-order valence-corrected chi connectivity index (χ3v) is 6.58. The number of fused-ring (bicyclic) bond motifs is 1. The number of nitrogens with two attached hydrogens (primary N) is 1. The Kier molecular flexibility index (Phi) is 6.69. The lowest BCUT2D eigenvalue weighted by atomic mass is 9.91. The summed E-state index contributed by atoms with van der Waals surface area (Å²) in [5, 5.41) is 1.27. The fourth-order valence-corrected chi connectivity index (χ4v) is 4.92. The summed E-state index contributed by atoms with van der Waals surface area (Å²) in [6.07, 6.45) is 10.2. The van der Waals surface area contributed by atoms with Crippen LogP contribution in [-0.4, -0.2) is 30.0 Å². The summed E-state index contributed by atoms with van der Waals surface area (Å²) in [5.74, 6) is 0.835. The maximum Gasteiger partial charge on any atom is 0.0707 e. The number of likely N-dealkylation sites (tertiary alicyclic amines) is 1. The lowest BCUT2D eigenvalue weighted by Gasteiger charge is -2.29. The number of anilines is 1. The first-order valence-corrected chi connectivity index (χ1v) is 11.5. The quantitative estimate of drug-likeness (QED) is 0.521. The van der Waals surface area contributed by atoms with Gasteiger partial charge in [0.1, 0.15) is 0 Å². The van der Waals surface area contributed by atoms with E-state index in [1.807, 2.05) is 6.20 Å². The first-order valence-electron chi connectivity index (χ1n) is 11.5. The molecule has 0 bridgehead atoms. The van der Waals surface area contributed by atoms with Crippen LogP contribution in [0.3, 0.4) is 0 Å². The highest BCUT2D eigenvalue weighted by Crippen LogP contribution is 2.25. The van der Waals surface area contributed by atoms with Crippen molar-refractivity contribution in [3.05, 3.63) is 70.9 Å². The van der Waals surface area contributed by atoms with Gasteiger partial charge in [0.05, 0.1) is 5.52 Å². The highest BCUT2D eigenvalue weighted by molar-refractivity contribution is 5.83. The Morgan fingerprint density at radius 2 is 1.90 bits per heavy atom. The number of nitrogens with zero attached hydrogens (tertiary/aromatic N) is 2. The number of nitrogen functional groups attached to an aromatic ring is 1. The minimum atomic E-state index is 0.835. The first-order chi connectivity index (χ1) is 14.6. The number of hydrogen-bond acceptors (Lipinski definition) is 3. The molecule has 1 aliphatic rings. The summed E-state index contributed by atoms with van der Waals surface area (Å²) in [4.78, 5) is 7.16. The summed E-state index contributed by atoms with van der Waals surface area (Å²) in [7, 11) is 2.25. The highest BCUT2D eigenvalue weighted by atomic mass is 15.1. The van der Waals surface area contributed by atoms with Gasteiger partial charge in [0.2, 0.25) is 0 Å². The van der Waals surface area contributed by atoms with Gasteiger partial charge in [-0.15, -0.1) is 0 Å². The number of piperidine rings is 1. The lowest BCUT2D eigenvalue weighted by Crippen LogP contribution is -2.32. The monoisotopic (exact) mass is 401 g/mol. The smallest absolute Gasteiger partial charge is 0.0707 e. The molecule has 2 N–H and O–H groups in total. The van der Waals surface area contributed by atoms with Gasteiger partial charge in [-0.1, -0.05) is 37.6 Å². The summed E-state index contributed by atoms with van der Waals surface area (Å²) < 4.78 is 0. The Balaban J connectivity index is 1.49. The fourth-order valence-electron chi connectivity index (χ4n) is 4.92. The van der Waals surface area contributed by atoms with Gasteiger partial charge in [-0.3, -0.25) is 4.98 Å². The van der Waals surface area contributed by atoms with Gasteiger partial charge in [-0.05, 0) is 98.5 Å². The van der Waals surface area contributed by atoms with Crippen LogP contribution in [0.4, 0.5) is 5.69 Å². The van der Waals surface area contributed by atoms with Crippen molar-refractivity contribution in [2.45, 2.75) is 51.9 Å². The van der Waals surface area contributed by atoms with Crippen LogP contribution >= 0.6 is 0 Å². The van der Waals surface area contributed by atoms with E-state index in [0.29, 0.717) is 0 Å². The standard InChI is InChI=1S/C27H35N3/c1-3-5-24-17-22(10-12-26(24)28)16-23-13-14-29-27-18-20(9-11-25(23)27)7-8-21-6-4-15-30(2)19-21/h9-14,17-18,21H,3-8,15-16,19,28H2,1-2H3. The fraction of sp³-hybridized carbons (Fsp3) is 0.444. The summed E-state index contributed by atoms with van der Waals surface area (Å²) in [6, 6.07) is 15.6. The third-order valence-electron chi connectivity index (χ3n) is 6.58. The molecule has 1 aromatic heterocycles. The van der Waals surface area contributed by atoms with Gasteiger partial charge in [-0.2, -0.15) is 0 Å². The normalized spacial score (nSPS) is 17.5. The van der Waals surface area contributed by atoms with E-state index in [1.54, 1.807) is 0 Å². The van der Waals surface area contributed by atoms with Gasteiger partial charge in [0.15, 0.2) is 0 Å². The minimum Gasteiger partial charge on any atom is -0.399 e. The predicted molar refractivity (Wildman–Crippen MR) is 128 cm³/mol. The Bertz CT molecular complexity index is 995. The van der Waals surface area contributed by atoms with Gasteiger partial charge >= 0.3 is 0 Å². The zero-order chi connectivity index (χ0) is 20.9. The SMILES string of the molecule is CCCc1cc(Cc2ccnc3cc(CCC4CCCN(C)C4)ccc23)ccc1N. The molecule has 3 nitrogen and oxygen atoms in total. The van der Waals surface area contributed by atoms with E-state index < -0.39 is 0 Å². The van der Waals surface area contributed by atoms with Crippen LogP contribution < -0.4 is 5.73 Å². The van der Waals surface area contributed by atoms with Gasteiger partial charge in [-0.25, -0.2) is 0 Å². The van der Waals surface area contributed by atoms with Crippen LogP contribution in [-0.2, 0) is 19.3 Å². The van der Waals surface area contributed by atoms with Gasteiger partial charge in [0, 0.05) is 23.8 Å². The second-order valence-electron chi connectivity index (χ2n) is 9.09. The molecule has 1 fully saturated rings. The molecular weight excluding hydrogens is 366 g/mol. The molecule has 3 heteroatoms.